The molecule has 2 aromatic carbocycles. The molecular weight excluding hydrogens is 504 g/mol. The Kier molecular flexibility index (Phi) is 9.43. The Labute approximate surface area is 226 Å². The number of nitrogens with two attached hydrogens (primary N) is 2. The van der Waals surface area contributed by atoms with Gasteiger partial charge in [-0.3, -0.25) is 19.3 Å². The van der Waals surface area contributed by atoms with Crippen molar-refractivity contribution >= 4 is 46.3 Å². The number of carbonyl (C=O) groups is 3. The molecule has 0 bridgehead atoms. The number of nitrogens with one attached hydrogen (secondary N) is 1. The van der Waals surface area contributed by atoms with Gasteiger partial charge in [-0.15, -0.1) is 0 Å². The Morgan fingerprint density at radius 1 is 1.00 bits per heavy atom. The fourth-order valence-electron chi connectivity index (χ4n) is 3.89. The molecule has 0 saturated heterocycles. The smallest absolute Gasteiger partial charge is 0.273 e. The zero-order valence-corrected chi connectivity index (χ0v) is 23.0. The number of ether oxygens (including phenoxy) is 1. The monoisotopic (exact) mass is 538 g/mol. The summed E-state index contributed by atoms with van der Waals surface area (Å²) in [5, 5.41) is 2.86. The summed E-state index contributed by atoms with van der Waals surface area (Å²) in [6, 6.07) is 13.7. The molecule has 0 aliphatic heterocycles. The van der Waals surface area contributed by atoms with Gasteiger partial charge in [0.2, 0.25) is 5.91 Å². The number of hydrogen-bond acceptors (Lipinski definition) is 8. The van der Waals surface area contributed by atoms with Crippen molar-refractivity contribution in [3.8, 4) is 0 Å². The average molecular weight is 539 g/mol. The van der Waals surface area contributed by atoms with Crippen LogP contribution in [0.4, 0.5) is 17.1 Å². The maximum Gasteiger partial charge on any atom is 0.273 e. The minimum Gasteiger partial charge on any atom is -0.395 e. The summed E-state index contributed by atoms with van der Waals surface area (Å²) in [7, 11) is 5.37. The molecule has 0 aliphatic carbocycles. The molecule has 0 aliphatic rings. The van der Waals surface area contributed by atoms with E-state index in [9.17, 15) is 14.4 Å². The Morgan fingerprint density at radius 2 is 1.58 bits per heavy atom. The summed E-state index contributed by atoms with van der Waals surface area (Å²) in [6.45, 7) is 4.70. The third kappa shape index (κ3) is 6.29. The Balaban J connectivity index is 2.19. The molecule has 3 amide bonds. The molecule has 0 radical (unpaired) electrons. The van der Waals surface area contributed by atoms with Gasteiger partial charge in [0, 0.05) is 39.1 Å². The second-order valence-electron chi connectivity index (χ2n) is 9.23. The maximum atomic E-state index is 14.1. The first-order chi connectivity index (χ1) is 18.1. The van der Waals surface area contributed by atoms with Crippen LogP contribution in [0.25, 0.3) is 0 Å². The first-order valence-electron chi connectivity index (χ1n) is 12.1. The van der Waals surface area contributed by atoms with E-state index in [1.165, 1.54) is 4.90 Å². The number of aromatic nitrogens is 1. The van der Waals surface area contributed by atoms with Crippen LogP contribution in [-0.4, -0.2) is 56.5 Å². The quantitative estimate of drug-likeness (QED) is 0.318. The largest absolute Gasteiger partial charge is 0.395 e. The molecule has 11 heteroatoms. The fraction of sp³-hybridized carbons (Fsp3) is 0.333. The summed E-state index contributed by atoms with van der Waals surface area (Å²) in [6.07, 6.45) is 0. The SMILES string of the molecule is COCCNC(=O)C(c1ccc(N(C)C)cc1)N(C(=O)c1snc(C(N)=O)c1N)c1ccc(C(C)C)cc1. The molecule has 1 atom stereocenters. The minimum atomic E-state index is -1.06. The zero-order chi connectivity index (χ0) is 28.0. The predicted molar refractivity (Wildman–Crippen MR) is 151 cm³/mol. The molecule has 202 valence electrons. The third-order valence-corrected chi connectivity index (χ3v) is 6.90. The summed E-state index contributed by atoms with van der Waals surface area (Å²) in [5.74, 6) is -1.54. The van der Waals surface area contributed by atoms with E-state index in [1.54, 1.807) is 19.2 Å². The lowest BCUT2D eigenvalue weighted by Gasteiger charge is -2.31. The molecule has 1 heterocycles. The van der Waals surface area contributed by atoms with Crippen LogP contribution in [0.5, 0.6) is 0 Å². The van der Waals surface area contributed by atoms with Crippen molar-refractivity contribution in [2.45, 2.75) is 25.8 Å². The van der Waals surface area contributed by atoms with Gasteiger partial charge >= 0.3 is 0 Å². The number of methoxy groups -OCH3 is 1. The Hall–Kier alpha value is -3.96. The molecule has 0 fully saturated rings. The van der Waals surface area contributed by atoms with Crippen LogP contribution in [0.15, 0.2) is 48.5 Å². The number of anilines is 3. The van der Waals surface area contributed by atoms with Crippen LogP contribution in [0.2, 0.25) is 0 Å². The van der Waals surface area contributed by atoms with Crippen molar-refractivity contribution in [2.24, 2.45) is 5.73 Å². The lowest BCUT2D eigenvalue weighted by atomic mass is 10.00. The van der Waals surface area contributed by atoms with E-state index >= 15 is 0 Å². The molecule has 38 heavy (non-hydrogen) atoms. The molecule has 1 unspecified atom stereocenters. The number of benzene rings is 2. The van der Waals surface area contributed by atoms with Crippen LogP contribution in [-0.2, 0) is 9.53 Å². The number of nitrogen functional groups attached to an aromatic ring is 1. The summed E-state index contributed by atoms with van der Waals surface area (Å²) >= 11 is 0.770. The standard InChI is InChI=1S/C27H34N6O4S/c1-16(2)17-6-12-20(13-7-17)33(27(36)24-21(28)22(25(29)34)31-38-24)23(26(35)30-14-15-37-5)18-8-10-19(11-9-18)32(3)4/h6-13,16,23H,14-15,28H2,1-5H3,(H2,29,34)(H,30,35). The normalized spacial score (nSPS) is 11.7. The highest BCUT2D eigenvalue weighted by Crippen LogP contribution is 2.34. The van der Waals surface area contributed by atoms with E-state index in [2.05, 4.69) is 23.5 Å². The van der Waals surface area contributed by atoms with Crippen molar-refractivity contribution in [2.75, 3.05) is 49.9 Å². The summed E-state index contributed by atoms with van der Waals surface area (Å²) in [5.41, 5.74) is 14.3. The number of amides is 3. The van der Waals surface area contributed by atoms with E-state index in [1.807, 2.05) is 55.4 Å². The van der Waals surface area contributed by atoms with E-state index in [-0.39, 0.29) is 28.7 Å². The highest BCUT2D eigenvalue weighted by atomic mass is 32.1. The van der Waals surface area contributed by atoms with Gasteiger partial charge < -0.3 is 26.4 Å². The van der Waals surface area contributed by atoms with Crippen LogP contribution in [0.1, 0.15) is 57.1 Å². The maximum absolute atomic E-state index is 14.1. The van der Waals surface area contributed by atoms with E-state index in [0.717, 1.165) is 22.8 Å². The number of carbonyl (C=O) groups excluding carboxylic acids is 3. The van der Waals surface area contributed by atoms with E-state index < -0.39 is 23.8 Å². The highest BCUT2D eigenvalue weighted by molar-refractivity contribution is 7.09. The van der Waals surface area contributed by atoms with Gasteiger partial charge in [-0.1, -0.05) is 38.1 Å². The number of rotatable bonds is 11. The predicted octanol–water partition coefficient (Wildman–Crippen LogP) is 3.16. The molecule has 3 rings (SSSR count). The average Bonchev–Trinajstić information content (AvgIpc) is 3.28. The second kappa shape index (κ2) is 12.5. The van der Waals surface area contributed by atoms with Crippen LogP contribution < -0.4 is 26.6 Å². The molecular formula is C27H34N6O4S. The highest BCUT2D eigenvalue weighted by Gasteiger charge is 2.36. The molecule has 3 aromatic rings. The second-order valence-corrected chi connectivity index (χ2v) is 10.0. The molecule has 0 saturated carbocycles. The summed E-state index contributed by atoms with van der Waals surface area (Å²) < 4.78 is 9.08. The van der Waals surface area contributed by atoms with Gasteiger partial charge in [0.05, 0.1) is 12.3 Å². The van der Waals surface area contributed by atoms with Crippen LogP contribution in [0, 0.1) is 0 Å². The van der Waals surface area contributed by atoms with E-state index in [4.69, 9.17) is 16.2 Å². The fourth-order valence-corrected chi connectivity index (χ4v) is 4.63. The topological polar surface area (TPSA) is 144 Å². The number of hydrogen-bond donors (Lipinski definition) is 3. The van der Waals surface area contributed by atoms with Crippen molar-refractivity contribution < 1.29 is 19.1 Å². The molecule has 0 spiro atoms. The van der Waals surface area contributed by atoms with Crippen molar-refractivity contribution in [1.82, 2.24) is 9.69 Å². The van der Waals surface area contributed by atoms with Gasteiger partial charge in [-0.2, -0.15) is 4.37 Å². The van der Waals surface area contributed by atoms with Crippen LogP contribution >= 0.6 is 11.5 Å². The Bertz CT molecular complexity index is 1270. The number of primary amides is 1. The van der Waals surface area contributed by atoms with Crippen molar-refractivity contribution in [3.05, 3.63) is 70.2 Å². The van der Waals surface area contributed by atoms with Crippen molar-refractivity contribution in [3.63, 3.8) is 0 Å². The molecule has 1 aromatic heterocycles. The lowest BCUT2D eigenvalue weighted by Crippen LogP contribution is -2.44. The van der Waals surface area contributed by atoms with Gasteiger partial charge in [0.15, 0.2) is 5.69 Å². The van der Waals surface area contributed by atoms with Gasteiger partial charge in [-0.05, 0) is 52.8 Å². The summed E-state index contributed by atoms with van der Waals surface area (Å²) in [4.78, 5) is 42.9. The number of nitrogens with zero attached hydrogens (tertiary/aromatic N) is 3. The first-order valence-corrected chi connectivity index (χ1v) is 12.9. The first kappa shape index (κ1) is 28.6. The molecule has 5 N–H and O–H groups in total. The Morgan fingerprint density at radius 3 is 2.08 bits per heavy atom. The zero-order valence-electron chi connectivity index (χ0n) is 22.2. The minimum absolute atomic E-state index is 0.0198. The van der Waals surface area contributed by atoms with Gasteiger partial charge in [0.1, 0.15) is 10.9 Å². The van der Waals surface area contributed by atoms with Gasteiger partial charge in [0.25, 0.3) is 11.8 Å². The van der Waals surface area contributed by atoms with Crippen molar-refractivity contribution in [1.29, 1.82) is 0 Å². The van der Waals surface area contributed by atoms with E-state index in [0.29, 0.717) is 17.9 Å². The lowest BCUT2D eigenvalue weighted by molar-refractivity contribution is -0.122. The third-order valence-electron chi connectivity index (χ3n) is 6.05. The van der Waals surface area contributed by atoms with Crippen LogP contribution in [0.3, 0.4) is 0 Å². The van der Waals surface area contributed by atoms with Gasteiger partial charge in [-0.25, -0.2) is 0 Å². The molecule has 10 nitrogen and oxygen atoms in total.